The van der Waals surface area contributed by atoms with Crippen LogP contribution in [0.5, 0.6) is 0 Å². The van der Waals surface area contributed by atoms with Crippen LogP contribution in [0.2, 0.25) is 0 Å². The summed E-state index contributed by atoms with van der Waals surface area (Å²) >= 11 is 0. The van der Waals surface area contributed by atoms with Crippen LogP contribution in [0, 0.1) is 5.41 Å². The second-order valence-corrected chi connectivity index (χ2v) is 5.59. The molecule has 3 N–H and O–H groups in total. The SMILES string of the molecule is CCC(C)(C)C(=O)NCCS(N)(=O)=O. The van der Waals surface area contributed by atoms with Crippen LogP contribution in [0.4, 0.5) is 0 Å². The largest absolute Gasteiger partial charge is 0.355 e. The Kier molecular flexibility index (Phi) is 4.54. The maximum Gasteiger partial charge on any atom is 0.225 e. The van der Waals surface area contributed by atoms with Gasteiger partial charge in [0, 0.05) is 12.0 Å². The van der Waals surface area contributed by atoms with Crippen molar-refractivity contribution in [3.8, 4) is 0 Å². The van der Waals surface area contributed by atoms with Gasteiger partial charge in [0.2, 0.25) is 15.9 Å². The van der Waals surface area contributed by atoms with Gasteiger partial charge in [-0.15, -0.1) is 0 Å². The van der Waals surface area contributed by atoms with Crippen LogP contribution in [0.3, 0.4) is 0 Å². The molecule has 0 aromatic carbocycles. The Labute approximate surface area is 85.1 Å². The lowest BCUT2D eigenvalue weighted by atomic mass is 9.89. The third kappa shape index (κ3) is 5.18. The van der Waals surface area contributed by atoms with Crippen molar-refractivity contribution in [2.24, 2.45) is 10.6 Å². The summed E-state index contributed by atoms with van der Waals surface area (Å²) in [7, 11) is -3.49. The Balaban J connectivity index is 3.99. The third-order valence-corrected chi connectivity index (χ3v) is 2.94. The Bertz CT molecular complexity index is 296. The number of carbonyl (C=O) groups is 1. The summed E-state index contributed by atoms with van der Waals surface area (Å²) in [4.78, 5) is 11.4. The van der Waals surface area contributed by atoms with E-state index in [0.717, 1.165) is 0 Å². The van der Waals surface area contributed by atoms with E-state index in [0.29, 0.717) is 6.42 Å². The van der Waals surface area contributed by atoms with Crippen LogP contribution >= 0.6 is 0 Å². The molecular weight excluding hydrogens is 204 g/mol. The molecule has 0 saturated carbocycles. The first-order chi connectivity index (χ1) is 6.19. The molecule has 0 aromatic heterocycles. The number of sulfonamides is 1. The molecule has 0 saturated heterocycles. The van der Waals surface area contributed by atoms with Crippen LogP contribution in [0.1, 0.15) is 27.2 Å². The summed E-state index contributed by atoms with van der Waals surface area (Å²) in [5.74, 6) is -0.373. The van der Waals surface area contributed by atoms with Crippen molar-refractivity contribution in [2.75, 3.05) is 12.3 Å². The smallest absolute Gasteiger partial charge is 0.225 e. The minimum absolute atomic E-state index is 0.0705. The molecule has 0 heterocycles. The predicted molar refractivity (Wildman–Crippen MR) is 55.1 cm³/mol. The third-order valence-electron chi connectivity index (χ3n) is 2.17. The fourth-order valence-electron chi connectivity index (χ4n) is 0.707. The van der Waals surface area contributed by atoms with E-state index in [1.807, 2.05) is 6.92 Å². The minimum Gasteiger partial charge on any atom is -0.355 e. The van der Waals surface area contributed by atoms with Gasteiger partial charge in [-0.1, -0.05) is 20.8 Å². The number of amides is 1. The molecule has 0 aliphatic heterocycles. The highest BCUT2D eigenvalue weighted by molar-refractivity contribution is 7.89. The monoisotopic (exact) mass is 222 g/mol. The van der Waals surface area contributed by atoms with Gasteiger partial charge in [0.1, 0.15) is 0 Å². The summed E-state index contributed by atoms with van der Waals surface area (Å²) in [5.41, 5.74) is -0.460. The number of primary sulfonamides is 1. The van der Waals surface area contributed by atoms with E-state index >= 15 is 0 Å². The molecule has 5 nitrogen and oxygen atoms in total. The maximum absolute atomic E-state index is 11.4. The second-order valence-electron chi connectivity index (χ2n) is 3.86. The average Bonchev–Trinajstić information content (AvgIpc) is 2.02. The van der Waals surface area contributed by atoms with Crippen molar-refractivity contribution in [3.63, 3.8) is 0 Å². The summed E-state index contributed by atoms with van der Waals surface area (Å²) < 4.78 is 21.1. The van der Waals surface area contributed by atoms with Crippen molar-refractivity contribution in [1.29, 1.82) is 0 Å². The molecule has 0 bridgehead atoms. The molecular formula is C8H18N2O3S. The molecule has 0 aliphatic carbocycles. The van der Waals surface area contributed by atoms with Crippen molar-refractivity contribution in [1.82, 2.24) is 5.32 Å². The molecule has 14 heavy (non-hydrogen) atoms. The summed E-state index contributed by atoms with van der Waals surface area (Å²) in [6, 6.07) is 0. The van der Waals surface area contributed by atoms with Gasteiger partial charge in [0.25, 0.3) is 0 Å². The first kappa shape index (κ1) is 13.4. The fourth-order valence-corrected chi connectivity index (χ4v) is 1.09. The van der Waals surface area contributed by atoms with Gasteiger partial charge < -0.3 is 5.32 Å². The zero-order valence-electron chi connectivity index (χ0n) is 8.83. The van der Waals surface area contributed by atoms with Gasteiger partial charge in [-0.3, -0.25) is 4.79 Å². The molecule has 0 radical (unpaired) electrons. The Hall–Kier alpha value is -0.620. The molecule has 0 aromatic rings. The van der Waals surface area contributed by atoms with E-state index in [1.54, 1.807) is 13.8 Å². The normalized spacial score (nSPS) is 12.6. The van der Waals surface area contributed by atoms with Crippen LogP contribution in [0.15, 0.2) is 0 Å². The highest BCUT2D eigenvalue weighted by atomic mass is 32.2. The van der Waals surface area contributed by atoms with Crippen molar-refractivity contribution >= 4 is 15.9 Å². The molecule has 0 unspecified atom stereocenters. The topological polar surface area (TPSA) is 89.3 Å². The number of nitrogens with two attached hydrogens (primary N) is 1. The van der Waals surface area contributed by atoms with Crippen LogP contribution < -0.4 is 10.5 Å². The van der Waals surface area contributed by atoms with E-state index in [1.165, 1.54) is 0 Å². The Morgan fingerprint density at radius 2 is 1.93 bits per heavy atom. The number of rotatable bonds is 5. The number of nitrogens with one attached hydrogen (secondary N) is 1. The zero-order valence-corrected chi connectivity index (χ0v) is 9.65. The second kappa shape index (κ2) is 4.75. The molecule has 84 valence electrons. The lowest BCUT2D eigenvalue weighted by Crippen LogP contribution is -2.39. The van der Waals surface area contributed by atoms with Crippen molar-refractivity contribution in [3.05, 3.63) is 0 Å². The highest BCUT2D eigenvalue weighted by Crippen LogP contribution is 2.18. The quantitative estimate of drug-likeness (QED) is 0.676. The lowest BCUT2D eigenvalue weighted by Gasteiger charge is -2.21. The Morgan fingerprint density at radius 1 is 1.43 bits per heavy atom. The molecule has 0 aliphatic rings. The van der Waals surface area contributed by atoms with Gasteiger partial charge >= 0.3 is 0 Å². The van der Waals surface area contributed by atoms with Crippen molar-refractivity contribution in [2.45, 2.75) is 27.2 Å². The van der Waals surface area contributed by atoms with E-state index in [-0.39, 0.29) is 18.2 Å². The van der Waals surface area contributed by atoms with Gasteiger partial charge in [-0.2, -0.15) is 0 Å². The summed E-state index contributed by atoms with van der Waals surface area (Å²) in [6.07, 6.45) is 0.703. The van der Waals surface area contributed by atoms with Gasteiger partial charge in [0.05, 0.1) is 5.75 Å². The predicted octanol–water partition coefficient (Wildman–Crippen LogP) is -0.173. The van der Waals surface area contributed by atoms with Crippen molar-refractivity contribution < 1.29 is 13.2 Å². The molecule has 0 spiro atoms. The standard InChI is InChI=1S/C8H18N2O3S/c1-4-8(2,3)7(11)10-5-6-14(9,12)13/h4-6H2,1-3H3,(H,10,11)(H2,9,12,13). The molecule has 0 fully saturated rings. The van der Waals surface area contributed by atoms with E-state index in [2.05, 4.69) is 5.32 Å². The van der Waals surface area contributed by atoms with E-state index in [4.69, 9.17) is 5.14 Å². The molecule has 6 heteroatoms. The first-order valence-corrected chi connectivity index (χ1v) is 6.19. The molecule has 0 atom stereocenters. The average molecular weight is 222 g/mol. The molecule has 1 amide bonds. The van der Waals surface area contributed by atoms with Crippen LogP contribution in [0.25, 0.3) is 0 Å². The van der Waals surface area contributed by atoms with Gasteiger partial charge in [-0.25, -0.2) is 13.6 Å². The minimum atomic E-state index is -3.49. The number of hydrogen-bond acceptors (Lipinski definition) is 3. The van der Waals surface area contributed by atoms with Crippen LogP contribution in [-0.4, -0.2) is 26.6 Å². The lowest BCUT2D eigenvalue weighted by molar-refractivity contribution is -0.129. The summed E-state index contributed by atoms with van der Waals surface area (Å²) in [5, 5.41) is 7.32. The number of hydrogen-bond donors (Lipinski definition) is 2. The van der Waals surface area contributed by atoms with Gasteiger partial charge in [0.15, 0.2) is 0 Å². The maximum atomic E-state index is 11.4. The van der Waals surface area contributed by atoms with E-state index in [9.17, 15) is 13.2 Å². The van der Waals surface area contributed by atoms with Crippen LogP contribution in [-0.2, 0) is 14.8 Å². The van der Waals surface area contributed by atoms with E-state index < -0.39 is 15.4 Å². The molecule has 0 rings (SSSR count). The Morgan fingerprint density at radius 3 is 2.29 bits per heavy atom. The van der Waals surface area contributed by atoms with Gasteiger partial charge in [-0.05, 0) is 6.42 Å². The fraction of sp³-hybridized carbons (Fsp3) is 0.875. The number of carbonyl (C=O) groups excluding carboxylic acids is 1. The highest BCUT2D eigenvalue weighted by Gasteiger charge is 2.24. The first-order valence-electron chi connectivity index (χ1n) is 4.48. The summed E-state index contributed by atoms with van der Waals surface area (Å²) in [6.45, 7) is 5.58. The zero-order chi connectivity index (χ0) is 11.4.